The van der Waals surface area contributed by atoms with E-state index in [2.05, 4.69) is 10.4 Å². The van der Waals surface area contributed by atoms with Crippen LogP contribution in [0.15, 0.2) is 30.3 Å². The Bertz CT molecular complexity index is 746. The Balaban J connectivity index is 2.12. The average Bonchev–Trinajstić information content (AvgIpc) is 2.90. The Morgan fingerprint density at radius 3 is 2.64 bits per heavy atom. The highest BCUT2D eigenvalue weighted by Crippen LogP contribution is 2.24. The first-order valence-corrected chi connectivity index (χ1v) is 8.11. The number of hydrogen-bond donors (Lipinski definition) is 1. The summed E-state index contributed by atoms with van der Waals surface area (Å²) in [5, 5.41) is 7.03. The fourth-order valence-corrected chi connectivity index (χ4v) is 2.51. The van der Waals surface area contributed by atoms with E-state index in [0.717, 1.165) is 5.69 Å². The molecular formula is C17H20ClN3O4. The van der Waals surface area contributed by atoms with Crippen molar-refractivity contribution in [2.75, 3.05) is 20.3 Å². The minimum Gasteiger partial charge on any atom is -0.449 e. The van der Waals surface area contributed by atoms with Crippen LogP contribution in [0.2, 0.25) is 5.15 Å². The van der Waals surface area contributed by atoms with Gasteiger partial charge < -0.3 is 14.8 Å². The van der Waals surface area contributed by atoms with E-state index >= 15 is 0 Å². The predicted molar refractivity (Wildman–Crippen MR) is 93.1 cm³/mol. The highest BCUT2D eigenvalue weighted by atomic mass is 35.5. The molecule has 2 aromatic rings. The largest absolute Gasteiger partial charge is 0.449 e. The van der Waals surface area contributed by atoms with Gasteiger partial charge in [-0.3, -0.25) is 4.79 Å². The number of nitrogens with one attached hydrogen (secondary N) is 1. The van der Waals surface area contributed by atoms with Gasteiger partial charge in [0.15, 0.2) is 6.10 Å². The van der Waals surface area contributed by atoms with Crippen LogP contribution in [0.25, 0.3) is 5.69 Å². The van der Waals surface area contributed by atoms with E-state index in [0.29, 0.717) is 18.8 Å². The summed E-state index contributed by atoms with van der Waals surface area (Å²) in [5.74, 6) is -1.10. The molecule has 7 nitrogen and oxygen atoms in total. The van der Waals surface area contributed by atoms with Crippen molar-refractivity contribution in [1.82, 2.24) is 15.1 Å². The first-order chi connectivity index (χ1) is 12.0. The van der Waals surface area contributed by atoms with Crippen molar-refractivity contribution in [2.45, 2.75) is 20.0 Å². The molecule has 0 fully saturated rings. The van der Waals surface area contributed by atoms with Crippen molar-refractivity contribution < 1.29 is 19.1 Å². The van der Waals surface area contributed by atoms with Crippen LogP contribution in [0.3, 0.4) is 0 Å². The normalized spacial score (nSPS) is 11.8. The summed E-state index contributed by atoms with van der Waals surface area (Å²) in [6.45, 7) is 3.86. The maximum atomic E-state index is 12.4. The van der Waals surface area contributed by atoms with Crippen molar-refractivity contribution in [1.29, 1.82) is 0 Å². The zero-order valence-corrected chi connectivity index (χ0v) is 15.0. The van der Waals surface area contributed by atoms with E-state index in [1.165, 1.54) is 18.7 Å². The van der Waals surface area contributed by atoms with Gasteiger partial charge in [0.25, 0.3) is 5.91 Å². The fourth-order valence-electron chi connectivity index (χ4n) is 2.16. The van der Waals surface area contributed by atoms with Gasteiger partial charge in [-0.2, -0.15) is 5.10 Å². The van der Waals surface area contributed by atoms with E-state index in [9.17, 15) is 9.59 Å². The number of amides is 1. The van der Waals surface area contributed by atoms with Crippen LogP contribution in [-0.2, 0) is 14.3 Å². The number of nitrogens with zero attached hydrogens (tertiary/aromatic N) is 2. The molecule has 1 aromatic carbocycles. The second-order valence-electron chi connectivity index (χ2n) is 5.33. The lowest BCUT2D eigenvalue weighted by Gasteiger charge is -2.13. The third-order valence-corrected chi connectivity index (χ3v) is 3.82. The molecule has 0 aliphatic heterocycles. The second kappa shape index (κ2) is 8.64. The summed E-state index contributed by atoms with van der Waals surface area (Å²) in [4.78, 5) is 24.3. The van der Waals surface area contributed by atoms with Gasteiger partial charge in [0.1, 0.15) is 10.7 Å². The molecule has 1 N–H and O–H groups in total. The van der Waals surface area contributed by atoms with E-state index in [-0.39, 0.29) is 10.7 Å². The first-order valence-electron chi connectivity index (χ1n) is 7.74. The van der Waals surface area contributed by atoms with Gasteiger partial charge in [-0.25, -0.2) is 9.48 Å². The Labute approximate surface area is 150 Å². The average molecular weight is 366 g/mol. The molecule has 1 amide bonds. The molecule has 0 aliphatic carbocycles. The van der Waals surface area contributed by atoms with Crippen LogP contribution in [-0.4, -0.2) is 48.0 Å². The van der Waals surface area contributed by atoms with Gasteiger partial charge in [-0.15, -0.1) is 0 Å². The second-order valence-corrected chi connectivity index (χ2v) is 5.69. The molecule has 0 spiro atoms. The lowest BCUT2D eigenvalue weighted by molar-refractivity contribution is -0.129. The number of esters is 1. The van der Waals surface area contributed by atoms with Crippen LogP contribution in [0, 0.1) is 6.92 Å². The zero-order chi connectivity index (χ0) is 18.4. The summed E-state index contributed by atoms with van der Waals surface area (Å²) in [6, 6.07) is 9.19. The maximum Gasteiger partial charge on any atom is 0.344 e. The molecule has 0 unspecified atom stereocenters. The van der Waals surface area contributed by atoms with Gasteiger partial charge in [0, 0.05) is 13.7 Å². The van der Waals surface area contributed by atoms with Crippen molar-refractivity contribution in [3.8, 4) is 5.69 Å². The van der Waals surface area contributed by atoms with Gasteiger partial charge >= 0.3 is 5.97 Å². The molecule has 2 rings (SSSR count). The zero-order valence-electron chi connectivity index (χ0n) is 14.3. The van der Waals surface area contributed by atoms with Gasteiger partial charge in [-0.05, 0) is 26.0 Å². The highest BCUT2D eigenvalue weighted by Gasteiger charge is 2.26. The molecule has 134 valence electrons. The topological polar surface area (TPSA) is 82.4 Å². The number of ether oxygens (including phenoxy) is 2. The van der Waals surface area contributed by atoms with Gasteiger partial charge in [0.2, 0.25) is 0 Å². The summed E-state index contributed by atoms with van der Waals surface area (Å²) >= 11 is 6.31. The number of carbonyl (C=O) groups is 2. The van der Waals surface area contributed by atoms with Crippen molar-refractivity contribution >= 4 is 23.5 Å². The van der Waals surface area contributed by atoms with E-state index in [4.69, 9.17) is 21.1 Å². The van der Waals surface area contributed by atoms with Crippen molar-refractivity contribution in [2.24, 2.45) is 0 Å². The van der Waals surface area contributed by atoms with E-state index < -0.39 is 18.0 Å². The quantitative estimate of drug-likeness (QED) is 0.600. The van der Waals surface area contributed by atoms with Crippen molar-refractivity contribution in [3.63, 3.8) is 0 Å². The van der Waals surface area contributed by atoms with E-state index in [1.54, 1.807) is 6.92 Å². The maximum absolute atomic E-state index is 12.4. The standard InChI is InChI=1S/C17H20ClN3O4/c1-11-14(15(18)21(20-11)13-7-5-4-6-8-13)17(23)25-12(2)16(22)19-9-10-24-3/h4-8,12H,9-10H2,1-3H3,(H,19,22)/t12-/m0/s1. The summed E-state index contributed by atoms with van der Waals surface area (Å²) in [6.07, 6.45) is -0.958. The molecule has 0 radical (unpaired) electrons. The Morgan fingerprint density at radius 2 is 2.00 bits per heavy atom. The molecular weight excluding hydrogens is 346 g/mol. The molecule has 0 saturated carbocycles. The molecule has 25 heavy (non-hydrogen) atoms. The summed E-state index contributed by atoms with van der Waals surface area (Å²) in [7, 11) is 1.53. The summed E-state index contributed by atoms with van der Waals surface area (Å²) < 4.78 is 11.5. The minimum absolute atomic E-state index is 0.140. The number of aromatic nitrogens is 2. The lowest BCUT2D eigenvalue weighted by atomic mass is 10.2. The van der Waals surface area contributed by atoms with Crippen LogP contribution >= 0.6 is 11.6 Å². The monoisotopic (exact) mass is 365 g/mol. The molecule has 8 heteroatoms. The molecule has 0 bridgehead atoms. The Kier molecular flexibility index (Phi) is 6.55. The number of methoxy groups -OCH3 is 1. The van der Waals surface area contributed by atoms with E-state index in [1.807, 2.05) is 30.3 Å². The van der Waals surface area contributed by atoms with Crippen LogP contribution < -0.4 is 5.32 Å². The first kappa shape index (κ1) is 19.0. The minimum atomic E-state index is -0.958. The molecule has 1 atom stereocenters. The SMILES string of the molecule is COCCNC(=O)[C@H](C)OC(=O)c1c(C)nn(-c2ccccc2)c1Cl. The summed E-state index contributed by atoms with van der Waals surface area (Å²) in [5.41, 5.74) is 1.29. The predicted octanol–water partition coefficient (Wildman–Crippen LogP) is 2.14. The molecule has 1 heterocycles. The number of hydrogen-bond acceptors (Lipinski definition) is 5. The third kappa shape index (κ3) is 4.58. The number of para-hydroxylation sites is 1. The van der Waals surface area contributed by atoms with Gasteiger partial charge in [-0.1, -0.05) is 29.8 Å². The number of carbonyl (C=O) groups excluding carboxylic acids is 2. The Hall–Kier alpha value is -2.38. The Morgan fingerprint density at radius 1 is 1.32 bits per heavy atom. The third-order valence-electron chi connectivity index (χ3n) is 3.47. The van der Waals surface area contributed by atoms with Crippen LogP contribution in [0.5, 0.6) is 0 Å². The van der Waals surface area contributed by atoms with Crippen molar-refractivity contribution in [3.05, 3.63) is 46.7 Å². The fraction of sp³-hybridized carbons (Fsp3) is 0.353. The number of halogens is 1. The highest BCUT2D eigenvalue weighted by molar-refractivity contribution is 6.33. The van der Waals surface area contributed by atoms with Crippen LogP contribution in [0.4, 0.5) is 0 Å². The van der Waals surface area contributed by atoms with Gasteiger partial charge in [0.05, 0.1) is 18.0 Å². The number of rotatable bonds is 7. The smallest absolute Gasteiger partial charge is 0.344 e. The number of aryl methyl sites for hydroxylation is 1. The molecule has 1 aromatic heterocycles. The lowest BCUT2D eigenvalue weighted by Crippen LogP contribution is -2.37. The molecule has 0 saturated heterocycles. The number of benzene rings is 1. The molecule has 0 aliphatic rings. The van der Waals surface area contributed by atoms with Crippen LogP contribution in [0.1, 0.15) is 23.0 Å².